The molecular formula is C15H17Cl. The lowest BCUT2D eigenvalue weighted by atomic mass is 9.89. The van der Waals surface area contributed by atoms with Crippen molar-refractivity contribution in [2.45, 2.75) is 19.3 Å². The highest BCUT2D eigenvalue weighted by atomic mass is 35.5. The molecule has 0 fully saturated rings. The Balaban J connectivity index is 0.00000128. The summed E-state index contributed by atoms with van der Waals surface area (Å²) in [6.45, 7) is 2.24. The maximum absolute atomic E-state index is 2.24. The average Bonchev–Trinajstić information content (AvgIpc) is 2.33. The number of rotatable bonds is 3. The molecule has 0 aliphatic heterocycles. The zero-order valence-corrected chi connectivity index (χ0v) is 10.3. The molecule has 0 spiro atoms. The Bertz CT molecular complexity index is 355. The van der Waals surface area contributed by atoms with Crippen LogP contribution in [0, 0.1) is 0 Å². The Labute approximate surface area is 104 Å². The molecule has 1 heteroatoms. The van der Waals surface area contributed by atoms with Crippen molar-refractivity contribution < 1.29 is 0 Å². The summed E-state index contributed by atoms with van der Waals surface area (Å²) in [5.74, 6) is 0.535. The Hall–Kier alpha value is -1.27. The molecule has 2 aromatic rings. The van der Waals surface area contributed by atoms with E-state index >= 15 is 0 Å². The van der Waals surface area contributed by atoms with Gasteiger partial charge in [-0.3, -0.25) is 0 Å². The van der Waals surface area contributed by atoms with E-state index in [2.05, 4.69) is 67.6 Å². The van der Waals surface area contributed by atoms with Gasteiger partial charge >= 0.3 is 0 Å². The maximum Gasteiger partial charge on any atom is 0.00867 e. The van der Waals surface area contributed by atoms with E-state index in [1.165, 1.54) is 11.1 Å². The molecule has 0 heterocycles. The highest BCUT2D eigenvalue weighted by Crippen LogP contribution is 2.26. The zero-order chi connectivity index (χ0) is 10.5. The van der Waals surface area contributed by atoms with Crippen LogP contribution in [0.3, 0.4) is 0 Å². The summed E-state index contributed by atoms with van der Waals surface area (Å²) in [5.41, 5.74) is 2.82. The molecule has 0 nitrogen and oxygen atoms in total. The first kappa shape index (κ1) is 12.8. The fourth-order valence-electron chi connectivity index (χ4n) is 2.03. The van der Waals surface area contributed by atoms with Crippen LogP contribution in [0.2, 0.25) is 0 Å². The summed E-state index contributed by atoms with van der Waals surface area (Å²) >= 11 is 0. The van der Waals surface area contributed by atoms with E-state index < -0.39 is 0 Å². The number of hydrogen-bond donors (Lipinski definition) is 0. The molecule has 2 aromatic carbocycles. The average molecular weight is 233 g/mol. The van der Waals surface area contributed by atoms with Gasteiger partial charge in [0.15, 0.2) is 0 Å². The highest BCUT2D eigenvalue weighted by molar-refractivity contribution is 5.85. The van der Waals surface area contributed by atoms with Crippen LogP contribution in [0.15, 0.2) is 60.7 Å². The third-order valence-electron chi connectivity index (χ3n) is 2.81. The molecule has 2 rings (SSSR count). The van der Waals surface area contributed by atoms with Gasteiger partial charge in [0, 0.05) is 5.92 Å². The molecule has 0 atom stereocenters. The Morgan fingerprint density at radius 1 is 0.750 bits per heavy atom. The van der Waals surface area contributed by atoms with E-state index in [0.29, 0.717) is 5.92 Å². The first-order valence-corrected chi connectivity index (χ1v) is 5.51. The summed E-state index contributed by atoms with van der Waals surface area (Å²) in [7, 11) is 0. The monoisotopic (exact) mass is 232 g/mol. The zero-order valence-electron chi connectivity index (χ0n) is 9.47. The first-order chi connectivity index (χ1) is 7.42. The second kappa shape index (κ2) is 6.34. The Kier molecular flexibility index (Phi) is 5.07. The van der Waals surface area contributed by atoms with E-state index in [1.54, 1.807) is 0 Å². The molecule has 0 saturated carbocycles. The van der Waals surface area contributed by atoms with Gasteiger partial charge in [0.25, 0.3) is 0 Å². The van der Waals surface area contributed by atoms with E-state index in [4.69, 9.17) is 0 Å². The van der Waals surface area contributed by atoms with Crippen molar-refractivity contribution >= 4 is 12.4 Å². The molecule has 0 bridgehead atoms. The van der Waals surface area contributed by atoms with Gasteiger partial charge in [-0.2, -0.15) is 0 Å². The third kappa shape index (κ3) is 2.86. The lowest BCUT2D eigenvalue weighted by Crippen LogP contribution is -1.98. The molecule has 84 valence electrons. The number of benzene rings is 2. The van der Waals surface area contributed by atoms with Gasteiger partial charge < -0.3 is 0 Å². The molecule has 0 aliphatic rings. The first-order valence-electron chi connectivity index (χ1n) is 5.51. The fraction of sp³-hybridized carbons (Fsp3) is 0.200. The lowest BCUT2D eigenvalue weighted by molar-refractivity contribution is 0.777. The van der Waals surface area contributed by atoms with Crippen LogP contribution in [0.5, 0.6) is 0 Å². The molecule has 0 aliphatic carbocycles. The minimum absolute atomic E-state index is 0. The van der Waals surface area contributed by atoms with Crippen molar-refractivity contribution in [3.8, 4) is 0 Å². The lowest BCUT2D eigenvalue weighted by Gasteiger charge is -2.15. The van der Waals surface area contributed by atoms with Gasteiger partial charge in [0.2, 0.25) is 0 Å². The van der Waals surface area contributed by atoms with Crippen LogP contribution >= 0.6 is 12.4 Å². The van der Waals surface area contributed by atoms with Crippen LogP contribution in [-0.4, -0.2) is 0 Å². The topological polar surface area (TPSA) is 0 Å². The van der Waals surface area contributed by atoms with Gasteiger partial charge in [0.05, 0.1) is 0 Å². The predicted octanol–water partition coefficient (Wildman–Crippen LogP) is 4.65. The predicted molar refractivity (Wildman–Crippen MR) is 72.3 cm³/mol. The quantitative estimate of drug-likeness (QED) is 0.723. The van der Waals surface area contributed by atoms with Gasteiger partial charge in [-0.15, -0.1) is 12.4 Å². The van der Waals surface area contributed by atoms with E-state index in [0.717, 1.165) is 6.42 Å². The maximum atomic E-state index is 2.24. The molecular weight excluding hydrogens is 216 g/mol. The normalized spacial score (nSPS) is 9.88. The third-order valence-corrected chi connectivity index (χ3v) is 2.81. The smallest absolute Gasteiger partial charge is 0.00867 e. The van der Waals surface area contributed by atoms with E-state index in [1.807, 2.05) is 0 Å². The standard InChI is InChI=1S/C15H16.ClH/c1-2-15(13-9-5-3-6-10-13)14-11-7-4-8-12-14;/h3-12,15H,2H2,1H3;1H. The number of halogens is 1. The summed E-state index contributed by atoms with van der Waals surface area (Å²) in [5, 5.41) is 0. The minimum Gasteiger partial charge on any atom is -0.147 e. The summed E-state index contributed by atoms with van der Waals surface area (Å²) < 4.78 is 0. The summed E-state index contributed by atoms with van der Waals surface area (Å²) in [6.07, 6.45) is 1.15. The molecule has 0 N–H and O–H groups in total. The minimum atomic E-state index is 0. The fourth-order valence-corrected chi connectivity index (χ4v) is 2.03. The van der Waals surface area contributed by atoms with Gasteiger partial charge in [0.1, 0.15) is 0 Å². The van der Waals surface area contributed by atoms with Crippen LogP contribution < -0.4 is 0 Å². The van der Waals surface area contributed by atoms with Gasteiger partial charge in [-0.25, -0.2) is 0 Å². The number of hydrogen-bond acceptors (Lipinski definition) is 0. The molecule has 0 radical (unpaired) electrons. The van der Waals surface area contributed by atoms with Crippen molar-refractivity contribution in [2.75, 3.05) is 0 Å². The van der Waals surface area contributed by atoms with Gasteiger partial charge in [-0.1, -0.05) is 67.6 Å². The molecule has 0 amide bonds. The molecule has 0 unspecified atom stereocenters. The van der Waals surface area contributed by atoms with Crippen molar-refractivity contribution in [1.82, 2.24) is 0 Å². The van der Waals surface area contributed by atoms with Crippen LogP contribution in [-0.2, 0) is 0 Å². The largest absolute Gasteiger partial charge is 0.147 e. The summed E-state index contributed by atoms with van der Waals surface area (Å²) in [4.78, 5) is 0. The van der Waals surface area contributed by atoms with E-state index in [9.17, 15) is 0 Å². The van der Waals surface area contributed by atoms with Crippen molar-refractivity contribution in [1.29, 1.82) is 0 Å². The Morgan fingerprint density at radius 2 is 1.12 bits per heavy atom. The second-order valence-corrected chi connectivity index (χ2v) is 3.78. The SMILES string of the molecule is CCC(c1ccccc1)c1ccccc1.Cl. The molecule has 0 saturated heterocycles. The van der Waals surface area contributed by atoms with Crippen LogP contribution in [0.4, 0.5) is 0 Å². The van der Waals surface area contributed by atoms with Gasteiger partial charge in [-0.05, 0) is 17.5 Å². The van der Waals surface area contributed by atoms with Crippen molar-refractivity contribution in [3.63, 3.8) is 0 Å². The summed E-state index contributed by atoms with van der Waals surface area (Å²) in [6, 6.07) is 21.4. The highest BCUT2D eigenvalue weighted by Gasteiger charge is 2.10. The van der Waals surface area contributed by atoms with Crippen molar-refractivity contribution in [3.05, 3.63) is 71.8 Å². The van der Waals surface area contributed by atoms with Crippen molar-refractivity contribution in [2.24, 2.45) is 0 Å². The molecule has 16 heavy (non-hydrogen) atoms. The van der Waals surface area contributed by atoms with Crippen LogP contribution in [0.1, 0.15) is 30.4 Å². The molecule has 0 aromatic heterocycles. The second-order valence-electron chi connectivity index (χ2n) is 3.78. The van der Waals surface area contributed by atoms with E-state index in [-0.39, 0.29) is 12.4 Å². The Morgan fingerprint density at radius 3 is 1.44 bits per heavy atom. The van der Waals surface area contributed by atoms with Crippen LogP contribution in [0.25, 0.3) is 0 Å².